The minimum absolute atomic E-state index is 0.0767. The van der Waals surface area contributed by atoms with Crippen LogP contribution in [-0.4, -0.2) is 44.0 Å². The molecular weight excluding hydrogens is 354 g/mol. The van der Waals surface area contributed by atoms with Crippen molar-refractivity contribution in [3.8, 4) is 5.75 Å². The van der Waals surface area contributed by atoms with Gasteiger partial charge in [0.05, 0.1) is 30.9 Å². The van der Waals surface area contributed by atoms with Crippen LogP contribution in [0.3, 0.4) is 0 Å². The first kappa shape index (κ1) is 19.8. The van der Waals surface area contributed by atoms with Crippen LogP contribution in [0.4, 0.5) is 5.69 Å². The summed E-state index contributed by atoms with van der Waals surface area (Å²) in [4.78, 5) is 25.8. The molecule has 0 aliphatic carbocycles. The molecule has 138 valence electrons. The van der Waals surface area contributed by atoms with E-state index in [2.05, 4.69) is 10.6 Å². The summed E-state index contributed by atoms with van der Waals surface area (Å²) in [5, 5.41) is 6.02. The highest BCUT2D eigenvalue weighted by molar-refractivity contribution is 6.33. The van der Waals surface area contributed by atoms with Gasteiger partial charge in [-0.2, -0.15) is 0 Å². The monoisotopic (exact) mass is 375 g/mol. The Morgan fingerprint density at radius 3 is 2.42 bits per heavy atom. The lowest BCUT2D eigenvalue weighted by molar-refractivity contribution is -0.123. The van der Waals surface area contributed by atoms with Crippen molar-refractivity contribution < 1.29 is 14.3 Å². The maximum absolute atomic E-state index is 12.1. The van der Waals surface area contributed by atoms with Crippen molar-refractivity contribution in [3.63, 3.8) is 0 Å². The number of nitrogens with one attached hydrogen (secondary N) is 2. The predicted octanol–water partition coefficient (Wildman–Crippen LogP) is 2.54. The van der Waals surface area contributed by atoms with Crippen LogP contribution in [0.1, 0.15) is 5.56 Å². The molecule has 26 heavy (non-hydrogen) atoms. The number of anilines is 1. The van der Waals surface area contributed by atoms with Crippen LogP contribution in [0.2, 0.25) is 5.02 Å². The Hall–Kier alpha value is -2.57. The first-order chi connectivity index (χ1) is 12.5. The quantitative estimate of drug-likeness (QED) is 0.743. The molecule has 0 spiro atoms. The third-order valence-electron chi connectivity index (χ3n) is 3.64. The van der Waals surface area contributed by atoms with Crippen LogP contribution >= 0.6 is 11.6 Å². The molecule has 0 fully saturated rings. The van der Waals surface area contributed by atoms with E-state index >= 15 is 0 Å². The molecular formula is C19H22ClN3O3. The Balaban J connectivity index is 1.78. The third-order valence-corrected chi connectivity index (χ3v) is 3.97. The second-order valence-electron chi connectivity index (χ2n) is 5.79. The van der Waals surface area contributed by atoms with Gasteiger partial charge in [0.2, 0.25) is 11.8 Å². The van der Waals surface area contributed by atoms with Gasteiger partial charge >= 0.3 is 0 Å². The van der Waals surface area contributed by atoms with Gasteiger partial charge < -0.3 is 15.4 Å². The largest absolute Gasteiger partial charge is 0.496 e. The average Bonchev–Trinajstić information content (AvgIpc) is 2.62. The van der Waals surface area contributed by atoms with Crippen molar-refractivity contribution in [3.05, 3.63) is 59.1 Å². The maximum atomic E-state index is 12.1. The zero-order valence-electron chi connectivity index (χ0n) is 14.8. The molecule has 2 rings (SSSR count). The van der Waals surface area contributed by atoms with E-state index in [-0.39, 0.29) is 24.9 Å². The number of amides is 2. The Labute approximate surface area is 158 Å². The van der Waals surface area contributed by atoms with Crippen LogP contribution in [0.5, 0.6) is 5.75 Å². The van der Waals surface area contributed by atoms with Crippen molar-refractivity contribution in [2.45, 2.75) is 6.54 Å². The Morgan fingerprint density at radius 1 is 1.04 bits per heavy atom. The number of rotatable bonds is 8. The van der Waals surface area contributed by atoms with Gasteiger partial charge in [-0.3, -0.25) is 14.5 Å². The fourth-order valence-corrected chi connectivity index (χ4v) is 2.58. The highest BCUT2D eigenvalue weighted by Gasteiger charge is 2.12. The highest BCUT2D eigenvalue weighted by atomic mass is 35.5. The van der Waals surface area contributed by atoms with Gasteiger partial charge in [0.15, 0.2) is 0 Å². The minimum atomic E-state index is -0.238. The molecule has 0 saturated carbocycles. The lowest BCUT2D eigenvalue weighted by Gasteiger charge is -2.16. The Kier molecular flexibility index (Phi) is 7.44. The molecule has 0 aliphatic heterocycles. The summed E-state index contributed by atoms with van der Waals surface area (Å²) in [6.07, 6.45) is 0. The molecule has 0 bridgehead atoms. The summed E-state index contributed by atoms with van der Waals surface area (Å²) in [6.45, 7) is 0.543. The van der Waals surface area contributed by atoms with Gasteiger partial charge in [-0.1, -0.05) is 41.9 Å². The first-order valence-corrected chi connectivity index (χ1v) is 8.49. The number of likely N-dealkylation sites (N-methyl/N-ethyl adjacent to an activating group) is 1. The summed E-state index contributed by atoms with van der Waals surface area (Å²) in [7, 11) is 3.29. The van der Waals surface area contributed by atoms with E-state index < -0.39 is 0 Å². The number of nitrogens with zero attached hydrogens (tertiary/aromatic N) is 1. The fourth-order valence-electron chi connectivity index (χ4n) is 2.40. The normalized spacial score (nSPS) is 10.5. The molecule has 0 saturated heterocycles. The number of para-hydroxylation sites is 2. The fraction of sp³-hybridized carbons (Fsp3) is 0.263. The molecule has 2 aromatic rings. The van der Waals surface area contributed by atoms with Gasteiger partial charge in [0.1, 0.15) is 5.75 Å². The molecule has 6 nitrogen and oxygen atoms in total. The number of benzene rings is 2. The lowest BCUT2D eigenvalue weighted by atomic mass is 10.2. The number of hydrogen-bond acceptors (Lipinski definition) is 4. The van der Waals surface area contributed by atoms with Gasteiger partial charge in [0.25, 0.3) is 0 Å². The zero-order valence-corrected chi connectivity index (χ0v) is 15.5. The predicted molar refractivity (Wildman–Crippen MR) is 102 cm³/mol. The van der Waals surface area contributed by atoms with Crippen molar-refractivity contribution in [1.29, 1.82) is 0 Å². The van der Waals surface area contributed by atoms with Crippen LogP contribution < -0.4 is 15.4 Å². The maximum Gasteiger partial charge on any atom is 0.238 e. The molecule has 0 atom stereocenters. The summed E-state index contributed by atoms with van der Waals surface area (Å²) in [5.74, 6) is 0.308. The number of carbonyl (C=O) groups is 2. The smallest absolute Gasteiger partial charge is 0.238 e. The summed E-state index contributed by atoms with van der Waals surface area (Å²) in [5.41, 5.74) is 1.44. The van der Waals surface area contributed by atoms with E-state index in [0.717, 1.165) is 11.3 Å². The molecule has 0 heterocycles. The molecule has 0 unspecified atom stereocenters. The number of hydrogen-bond donors (Lipinski definition) is 2. The first-order valence-electron chi connectivity index (χ1n) is 8.11. The Morgan fingerprint density at radius 2 is 1.69 bits per heavy atom. The second-order valence-corrected chi connectivity index (χ2v) is 6.20. The van der Waals surface area contributed by atoms with Crippen LogP contribution in [0, 0.1) is 0 Å². The van der Waals surface area contributed by atoms with E-state index in [0.29, 0.717) is 17.3 Å². The van der Waals surface area contributed by atoms with E-state index in [1.165, 1.54) is 0 Å². The summed E-state index contributed by atoms with van der Waals surface area (Å²) < 4.78 is 5.25. The van der Waals surface area contributed by atoms with Gasteiger partial charge in [-0.05, 0) is 25.2 Å². The van der Waals surface area contributed by atoms with Crippen LogP contribution in [0.25, 0.3) is 0 Å². The molecule has 0 radical (unpaired) electrons. The molecule has 2 N–H and O–H groups in total. The van der Waals surface area contributed by atoms with Crippen LogP contribution in [0.15, 0.2) is 48.5 Å². The standard InChI is InChI=1S/C19H22ClN3O3/c1-23(13-19(25)22-16-9-5-4-8-15(16)20)12-18(24)21-11-14-7-3-6-10-17(14)26-2/h3-10H,11-13H2,1-2H3,(H,21,24)(H,22,25). The SMILES string of the molecule is COc1ccccc1CNC(=O)CN(C)CC(=O)Nc1ccccc1Cl. The zero-order chi connectivity index (χ0) is 18.9. The second kappa shape index (κ2) is 9.79. The number of methoxy groups -OCH3 is 1. The van der Waals surface area contributed by atoms with E-state index in [9.17, 15) is 9.59 Å². The molecule has 2 amide bonds. The van der Waals surface area contributed by atoms with E-state index in [1.54, 1.807) is 43.3 Å². The van der Waals surface area contributed by atoms with Crippen molar-refractivity contribution in [2.24, 2.45) is 0 Å². The summed E-state index contributed by atoms with van der Waals surface area (Å²) in [6, 6.07) is 14.5. The van der Waals surface area contributed by atoms with Gasteiger partial charge in [0, 0.05) is 12.1 Å². The van der Waals surface area contributed by atoms with Crippen molar-refractivity contribution in [1.82, 2.24) is 10.2 Å². The topological polar surface area (TPSA) is 70.7 Å². The van der Waals surface area contributed by atoms with Gasteiger partial charge in [-0.25, -0.2) is 0 Å². The minimum Gasteiger partial charge on any atom is -0.496 e. The van der Waals surface area contributed by atoms with Gasteiger partial charge in [-0.15, -0.1) is 0 Å². The number of carbonyl (C=O) groups excluding carboxylic acids is 2. The third kappa shape index (κ3) is 6.06. The van der Waals surface area contributed by atoms with Crippen molar-refractivity contribution >= 4 is 29.1 Å². The number of halogens is 1. The molecule has 0 aliphatic rings. The highest BCUT2D eigenvalue weighted by Crippen LogP contribution is 2.20. The number of ether oxygens (including phenoxy) is 1. The molecule has 0 aromatic heterocycles. The van der Waals surface area contributed by atoms with Crippen molar-refractivity contribution in [2.75, 3.05) is 32.6 Å². The Bertz CT molecular complexity index is 767. The van der Waals surface area contributed by atoms with E-state index in [1.807, 2.05) is 24.3 Å². The van der Waals surface area contributed by atoms with E-state index in [4.69, 9.17) is 16.3 Å². The average molecular weight is 376 g/mol. The summed E-state index contributed by atoms with van der Waals surface area (Å²) >= 11 is 6.01. The lowest BCUT2D eigenvalue weighted by Crippen LogP contribution is -2.38. The molecule has 7 heteroatoms. The van der Waals surface area contributed by atoms with Crippen LogP contribution in [-0.2, 0) is 16.1 Å². The molecule has 2 aromatic carbocycles.